The van der Waals surface area contributed by atoms with E-state index >= 15 is 0 Å². The van der Waals surface area contributed by atoms with Gasteiger partial charge in [-0.25, -0.2) is 0 Å². The number of halogens is 1. The monoisotopic (exact) mass is 317 g/mol. The number of fused-ring (bicyclic) bond motifs is 2. The molecule has 2 aromatic rings. The third-order valence-electron chi connectivity index (χ3n) is 5.34. The predicted octanol–water partition coefficient (Wildman–Crippen LogP) is 2.56. The van der Waals surface area contributed by atoms with Crippen LogP contribution in [-0.2, 0) is 11.2 Å². The molecule has 1 aliphatic heterocycles. The number of nitrogens with zero attached hydrogens (tertiary/aromatic N) is 1. The number of aromatic amines is 1. The molecule has 0 radical (unpaired) electrons. The fourth-order valence-electron chi connectivity index (χ4n) is 4.08. The number of hydrogen-bond acceptors (Lipinski definition) is 2. The Morgan fingerprint density at radius 1 is 1.36 bits per heavy atom. The Hall–Kier alpha value is -1.52. The van der Waals surface area contributed by atoms with Gasteiger partial charge in [0.05, 0.1) is 6.42 Å². The molecule has 2 fully saturated rings. The summed E-state index contributed by atoms with van der Waals surface area (Å²) in [6, 6.07) is 6.00. The van der Waals surface area contributed by atoms with Crippen LogP contribution in [0.4, 0.5) is 0 Å². The summed E-state index contributed by atoms with van der Waals surface area (Å²) in [7, 11) is 0. The molecule has 22 heavy (non-hydrogen) atoms. The van der Waals surface area contributed by atoms with E-state index in [-0.39, 0.29) is 11.9 Å². The molecule has 1 aromatic carbocycles. The van der Waals surface area contributed by atoms with E-state index in [1.807, 2.05) is 29.3 Å². The smallest absolute Gasteiger partial charge is 0.227 e. The standard InChI is InChI=1S/C17H20ClN3O/c18-12-2-4-16-13(6-12)11(7-20-16)5-17(22)21-8-10-1-3-15(19)14(10)9-21/h2,4,6-7,10,14-15,20H,1,3,5,8-9,19H2. The zero-order valence-corrected chi connectivity index (χ0v) is 13.1. The fraction of sp³-hybridized carbons (Fsp3) is 0.471. The third-order valence-corrected chi connectivity index (χ3v) is 5.57. The average Bonchev–Trinajstić information content (AvgIpc) is 3.16. The molecule has 2 aliphatic rings. The van der Waals surface area contributed by atoms with Gasteiger partial charge in [-0.15, -0.1) is 0 Å². The number of aromatic nitrogens is 1. The number of carbonyl (C=O) groups is 1. The second kappa shape index (κ2) is 5.28. The maximum Gasteiger partial charge on any atom is 0.227 e. The van der Waals surface area contributed by atoms with E-state index in [1.54, 1.807) is 0 Å². The summed E-state index contributed by atoms with van der Waals surface area (Å²) < 4.78 is 0. The Bertz CT molecular complexity index is 726. The SMILES string of the molecule is NC1CCC2CN(C(=O)Cc3c[nH]c4ccc(Cl)cc34)CC12. The van der Waals surface area contributed by atoms with Crippen LogP contribution in [0.1, 0.15) is 18.4 Å². The van der Waals surface area contributed by atoms with Gasteiger partial charge in [-0.2, -0.15) is 0 Å². The number of likely N-dealkylation sites (tertiary alicyclic amines) is 1. The molecule has 0 bridgehead atoms. The lowest BCUT2D eigenvalue weighted by Crippen LogP contribution is -2.34. The molecule has 1 aliphatic carbocycles. The van der Waals surface area contributed by atoms with Gasteiger partial charge < -0.3 is 15.6 Å². The van der Waals surface area contributed by atoms with Crippen molar-refractivity contribution in [1.29, 1.82) is 0 Å². The molecule has 4 rings (SSSR count). The quantitative estimate of drug-likeness (QED) is 0.894. The number of rotatable bonds is 2. The van der Waals surface area contributed by atoms with Gasteiger partial charge in [0.25, 0.3) is 0 Å². The molecule has 5 heteroatoms. The average molecular weight is 318 g/mol. The van der Waals surface area contributed by atoms with Crippen LogP contribution in [0.15, 0.2) is 24.4 Å². The minimum atomic E-state index is 0.197. The van der Waals surface area contributed by atoms with Crippen molar-refractivity contribution in [2.75, 3.05) is 13.1 Å². The first-order valence-electron chi connectivity index (χ1n) is 7.90. The van der Waals surface area contributed by atoms with E-state index in [1.165, 1.54) is 0 Å². The Balaban J connectivity index is 1.51. The molecule has 1 saturated carbocycles. The second-order valence-corrected chi connectivity index (χ2v) is 7.08. The Labute approximate surface area is 134 Å². The highest BCUT2D eigenvalue weighted by Crippen LogP contribution is 2.37. The first-order valence-corrected chi connectivity index (χ1v) is 8.28. The van der Waals surface area contributed by atoms with Gasteiger partial charge in [-0.1, -0.05) is 11.6 Å². The van der Waals surface area contributed by atoms with E-state index in [0.29, 0.717) is 23.3 Å². The van der Waals surface area contributed by atoms with Gasteiger partial charge in [-0.3, -0.25) is 4.79 Å². The molecule has 0 spiro atoms. The molecule has 1 saturated heterocycles. The van der Waals surface area contributed by atoms with Crippen LogP contribution in [0.2, 0.25) is 5.02 Å². The number of carbonyl (C=O) groups excluding carboxylic acids is 1. The van der Waals surface area contributed by atoms with Crippen molar-refractivity contribution < 1.29 is 4.79 Å². The second-order valence-electron chi connectivity index (χ2n) is 6.64. The third kappa shape index (κ3) is 2.31. The summed E-state index contributed by atoms with van der Waals surface area (Å²) in [5.74, 6) is 1.31. The fourth-order valence-corrected chi connectivity index (χ4v) is 4.25. The number of amides is 1. The van der Waals surface area contributed by atoms with Crippen molar-refractivity contribution in [1.82, 2.24) is 9.88 Å². The normalized spacial score (nSPS) is 27.5. The van der Waals surface area contributed by atoms with Crippen molar-refractivity contribution in [2.45, 2.75) is 25.3 Å². The number of nitrogens with one attached hydrogen (secondary N) is 1. The van der Waals surface area contributed by atoms with Crippen molar-refractivity contribution in [3.63, 3.8) is 0 Å². The van der Waals surface area contributed by atoms with Crippen LogP contribution in [0.3, 0.4) is 0 Å². The first kappa shape index (κ1) is 14.1. The Morgan fingerprint density at radius 2 is 2.23 bits per heavy atom. The zero-order valence-electron chi connectivity index (χ0n) is 12.4. The number of H-pyrrole nitrogens is 1. The summed E-state index contributed by atoms with van der Waals surface area (Å²) >= 11 is 6.07. The van der Waals surface area contributed by atoms with Gasteiger partial charge in [0.1, 0.15) is 0 Å². The molecule has 4 nitrogen and oxygen atoms in total. The highest BCUT2D eigenvalue weighted by Gasteiger charge is 2.42. The zero-order chi connectivity index (χ0) is 15.3. The van der Waals surface area contributed by atoms with E-state index in [0.717, 1.165) is 42.4 Å². The lowest BCUT2D eigenvalue weighted by Gasteiger charge is -2.18. The topological polar surface area (TPSA) is 62.1 Å². The Morgan fingerprint density at radius 3 is 3.05 bits per heavy atom. The molecular weight excluding hydrogens is 298 g/mol. The number of benzene rings is 1. The van der Waals surface area contributed by atoms with Crippen LogP contribution in [0.25, 0.3) is 10.9 Å². The molecule has 3 N–H and O–H groups in total. The maximum atomic E-state index is 12.6. The van der Waals surface area contributed by atoms with E-state index < -0.39 is 0 Å². The molecule has 2 heterocycles. The Kier molecular flexibility index (Phi) is 3.39. The minimum Gasteiger partial charge on any atom is -0.361 e. The maximum absolute atomic E-state index is 12.6. The van der Waals surface area contributed by atoms with Gasteiger partial charge >= 0.3 is 0 Å². The highest BCUT2D eigenvalue weighted by atomic mass is 35.5. The summed E-state index contributed by atoms with van der Waals surface area (Å²) in [5, 5.41) is 1.74. The van der Waals surface area contributed by atoms with Crippen LogP contribution < -0.4 is 5.73 Å². The predicted molar refractivity (Wildman–Crippen MR) is 87.8 cm³/mol. The van der Waals surface area contributed by atoms with Gasteiger partial charge in [0.15, 0.2) is 0 Å². The van der Waals surface area contributed by atoms with Gasteiger partial charge in [0.2, 0.25) is 5.91 Å². The van der Waals surface area contributed by atoms with Crippen molar-refractivity contribution >= 4 is 28.4 Å². The van der Waals surface area contributed by atoms with E-state index in [2.05, 4.69) is 4.98 Å². The van der Waals surface area contributed by atoms with Gasteiger partial charge in [0, 0.05) is 41.3 Å². The highest BCUT2D eigenvalue weighted by molar-refractivity contribution is 6.31. The van der Waals surface area contributed by atoms with Crippen LogP contribution in [0.5, 0.6) is 0 Å². The van der Waals surface area contributed by atoms with E-state index in [4.69, 9.17) is 17.3 Å². The number of nitrogens with two attached hydrogens (primary N) is 1. The van der Waals surface area contributed by atoms with Crippen molar-refractivity contribution in [2.24, 2.45) is 17.6 Å². The lowest BCUT2D eigenvalue weighted by molar-refractivity contribution is -0.129. The lowest BCUT2D eigenvalue weighted by atomic mass is 9.98. The summed E-state index contributed by atoms with van der Waals surface area (Å²) in [5.41, 5.74) is 8.19. The largest absolute Gasteiger partial charge is 0.361 e. The van der Waals surface area contributed by atoms with Crippen molar-refractivity contribution in [3.05, 3.63) is 35.0 Å². The molecule has 3 unspecified atom stereocenters. The summed E-state index contributed by atoms with van der Waals surface area (Å²) in [4.78, 5) is 17.8. The molecule has 1 amide bonds. The van der Waals surface area contributed by atoms with Crippen LogP contribution >= 0.6 is 11.6 Å². The van der Waals surface area contributed by atoms with Gasteiger partial charge in [-0.05, 0) is 48.4 Å². The molecule has 1 aromatic heterocycles. The van der Waals surface area contributed by atoms with Crippen LogP contribution in [0, 0.1) is 11.8 Å². The van der Waals surface area contributed by atoms with E-state index in [9.17, 15) is 4.79 Å². The summed E-state index contributed by atoms with van der Waals surface area (Å²) in [6.45, 7) is 1.70. The first-order chi connectivity index (χ1) is 10.6. The number of hydrogen-bond donors (Lipinski definition) is 2. The molecule has 116 valence electrons. The van der Waals surface area contributed by atoms with Crippen molar-refractivity contribution in [3.8, 4) is 0 Å². The molecular formula is C17H20ClN3O. The summed E-state index contributed by atoms with van der Waals surface area (Å²) in [6.07, 6.45) is 4.62. The van der Waals surface area contributed by atoms with Crippen LogP contribution in [-0.4, -0.2) is 34.9 Å². The molecule has 3 atom stereocenters. The minimum absolute atomic E-state index is 0.197.